The van der Waals surface area contributed by atoms with Crippen molar-refractivity contribution in [2.45, 2.75) is 32.2 Å². The summed E-state index contributed by atoms with van der Waals surface area (Å²) >= 11 is 0. The highest BCUT2D eigenvalue weighted by Gasteiger charge is 2.20. The van der Waals surface area contributed by atoms with Crippen molar-refractivity contribution in [3.05, 3.63) is 90.1 Å². The number of nitrogens with one attached hydrogen (secondary N) is 1. The summed E-state index contributed by atoms with van der Waals surface area (Å²) in [5.41, 5.74) is 5.45. The van der Waals surface area contributed by atoms with E-state index in [0.29, 0.717) is 0 Å². The van der Waals surface area contributed by atoms with Crippen LogP contribution in [0.3, 0.4) is 0 Å². The molecular weight excluding hydrogens is 382 g/mol. The van der Waals surface area contributed by atoms with Crippen LogP contribution in [-0.2, 0) is 13.0 Å². The number of anilines is 2. The average Bonchev–Trinajstić information content (AvgIpc) is 3.22. The van der Waals surface area contributed by atoms with Gasteiger partial charge in [0.15, 0.2) is 5.58 Å². The Morgan fingerprint density at radius 3 is 2.39 bits per heavy atom. The quantitative estimate of drug-likeness (QED) is 0.381. The second kappa shape index (κ2) is 9.36. The molecule has 2 heterocycles. The monoisotopic (exact) mass is 411 g/mol. The van der Waals surface area contributed by atoms with E-state index in [-0.39, 0.29) is 0 Å². The van der Waals surface area contributed by atoms with Crippen LogP contribution in [0.4, 0.5) is 11.4 Å². The Bertz CT molecular complexity index is 1100. The molecule has 31 heavy (non-hydrogen) atoms. The first-order valence-electron chi connectivity index (χ1n) is 11.3. The number of hydrogen-bond acceptors (Lipinski definition) is 4. The van der Waals surface area contributed by atoms with Gasteiger partial charge in [0.1, 0.15) is 0 Å². The van der Waals surface area contributed by atoms with Gasteiger partial charge in [0, 0.05) is 29.4 Å². The van der Waals surface area contributed by atoms with E-state index in [9.17, 15) is 0 Å². The maximum atomic E-state index is 5.65. The Labute approximate surface area is 183 Å². The molecule has 1 N–H and O–H groups in total. The third kappa shape index (κ3) is 4.97. The van der Waals surface area contributed by atoms with Gasteiger partial charge in [-0.05, 0) is 74.5 Å². The number of likely N-dealkylation sites (tertiary alicyclic amines) is 1. The van der Waals surface area contributed by atoms with E-state index in [1.54, 1.807) is 0 Å². The lowest BCUT2D eigenvalue weighted by atomic mass is 9.91. The van der Waals surface area contributed by atoms with Crippen LogP contribution in [-0.4, -0.2) is 23.1 Å². The van der Waals surface area contributed by atoms with Gasteiger partial charge in [0.2, 0.25) is 0 Å². The first-order chi connectivity index (χ1) is 15.3. The fraction of sp³-hybridized carbons (Fsp3) is 0.296. The normalized spacial score (nSPS) is 15.4. The highest BCUT2D eigenvalue weighted by atomic mass is 16.5. The Morgan fingerprint density at radius 2 is 1.61 bits per heavy atom. The van der Waals surface area contributed by atoms with Crippen LogP contribution in [0, 0.1) is 5.92 Å². The van der Waals surface area contributed by atoms with E-state index >= 15 is 0 Å². The number of piperidine rings is 1. The topological polar surface area (TPSA) is 41.3 Å². The fourth-order valence-electron chi connectivity index (χ4n) is 4.55. The molecule has 1 aromatic heterocycles. The zero-order valence-electron chi connectivity index (χ0n) is 17.8. The first-order valence-corrected chi connectivity index (χ1v) is 11.3. The number of nitrogens with zero attached hydrogens (tertiary/aromatic N) is 2. The van der Waals surface area contributed by atoms with Crippen LogP contribution in [0.1, 0.15) is 30.5 Å². The average molecular weight is 412 g/mol. The van der Waals surface area contributed by atoms with Crippen molar-refractivity contribution in [3.8, 4) is 0 Å². The minimum Gasteiger partial charge on any atom is -0.356 e. The van der Waals surface area contributed by atoms with Gasteiger partial charge in [0.25, 0.3) is 0 Å². The van der Waals surface area contributed by atoms with Crippen molar-refractivity contribution >= 4 is 22.3 Å². The molecule has 0 amide bonds. The van der Waals surface area contributed by atoms with Gasteiger partial charge in [-0.25, -0.2) is 0 Å². The molecule has 0 atom stereocenters. The zero-order chi connectivity index (χ0) is 20.9. The summed E-state index contributed by atoms with van der Waals surface area (Å²) in [7, 11) is 0. The van der Waals surface area contributed by atoms with Gasteiger partial charge in [0.05, 0.1) is 5.69 Å². The summed E-state index contributed by atoms with van der Waals surface area (Å²) in [6, 6.07) is 27.3. The Balaban J connectivity index is 1.14. The molecule has 0 aliphatic carbocycles. The molecule has 1 fully saturated rings. The van der Waals surface area contributed by atoms with Crippen molar-refractivity contribution in [3.63, 3.8) is 0 Å². The predicted molar refractivity (Wildman–Crippen MR) is 126 cm³/mol. The molecule has 158 valence electrons. The number of para-hydroxylation sites is 1. The van der Waals surface area contributed by atoms with E-state index in [1.165, 1.54) is 37.9 Å². The Kier molecular flexibility index (Phi) is 5.99. The third-order valence-corrected chi connectivity index (χ3v) is 6.35. The van der Waals surface area contributed by atoms with Crippen molar-refractivity contribution in [1.82, 2.24) is 10.1 Å². The van der Waals surface area contributed by atoms with E-state index in [2.05, 4.69) is 70.0 Å². The molecule has 4 aromatic rings. The number of aryl methyl sites for hydroxylation is 1. The predicted octanol–water partition coefficient (Wildman–Crippen LogP) is 6.42. The molecule has 0 saturated carbocycles. The summed E-state index contributed by atoms with van der Waals surface area (Å²) in [6.45, 7) is 3.45. The fourth-order valence-corrected chi connectivity index (χ4v) is 4.55. The number of aromatic nitrogens is 1. The van der Waals surface area contributed by atoms with Crippen molar-refractivity contribution < 1.29 is 4.52 Å². The molecule has 4 nitrogen and oxygen atoms in total. The second-order valence-corrected chi connectivity index (χ2v) is 8.58. The molecule has 1 saturated heterocycles. The Morgan fingerprint density at radius 1 is 0.871 bits per heavy atom. The highest BCUT2D eigenvalue weighted by Crippen LogP contribution is 2.28. The molecule has 0 spiro atoms. The van der Waals surface area contributed by atoms with Gasteiger partial charge >= 0.3 is 0 Å². The molecule has 4 heteroatoms. The van der Waals surface area contributed by atoms with E-state index in [1.807, 2.05) is 24.3 Å². The molecule has 1 aliphatic rings. The minimum absolute atomic E-state index is 0.776. The number of hydrogen-bond donors (Lipinski definition) is 1. The van der Waals surface area contributed by atoms with Crippen LogP contribution in [0.25, 0.3) is 11.0 Å². The zero-order valence-corrected chi connectivity index (χ0v) is 17.8. The van der Waals surface area contributed by atoms with Crippen LogP contribution in [0.2, 0.25) is 0 Å². The van der Waals surface area contributed by atoms with Gasteiger partial charge in [-0.15, -0.1) is 0 Å². The summed E-state index contributed by atoms with van der Waals surface area (Å²) in [5.74, 6) is 0.776. The number of rotatable bonds is 7. The van der Waals surface area contributed by atoms with Crippen LogP contribution in [0.15, 0.2) is 83.4 Å². The molecule has 0 unspecified atom stereocenters. The lowest BCUT2D eigenvalue weighted by Gasteiger charge is -2.31. The highest BCUT2D eigenvalue weighted by molar-refractivity contribution is 5.83. The third-order valence-electron chi connectivity index (χ3n) is 6.35. The number of benzene rings is 3. The van der Waals surface area contributed by atoms with E-state index in [4.69, 9.17) is 4.52 Å². The van der Waals surface area contributed by atoms with Crippen molar-refractivity contribution in [1.29, 1.82) is 0 Å². The summed E-state index contributed by atoms with van der Waals surface area (Å²) in [4.78, 5) is 2.58. The van der Waals surface area contributed by atoms with E-state index in [0.717, 1.165) is 46.9 Å². The molecule has 3 aromatic carbocycles. The summed E-state index contributed by atoms with van der Waals surface area (Å²) in [5, 5.41) is 8.94. The maximum Gasteiger partial charge on any atom is 0.169 e. The van der Waals surface area contributed by atoms with Crippen molar-refractivity contribution in [2.75, 3.05) is 18.4 Å². The largest absolute Gasteiger partial charge is 0.356 e. The number of fused-ring (bicyclic) bond motifs is 1. The SMILES string of the molecule is c1ccc(CN2CCC(CCc3noc4cc(Nc5ccccc5)ccc34)CC2)cc1. The minimum atomic E-state index is 0.776. The molecular formula is C27H29N3O. The van der Waals surface area contributed by atoms with Gasteiger partial charge in [-0.1, -0.05) is 53.7 Å². The lowest BCUT2D eigenvalue weighted by Crippen LogP contribution is -2.33. The van der Waals surface area contributed by atoms with Crippen LogP contribution in [0.5, 0.6) is 0 Å². The van der Waals surface area contributed by atoms with Crippen LogP contribution < -0.4 is 5.32 Å². The molecule has 1 aliphatic heterocycles. The van der Waals surface area contributed by atoms with E-state index < -0.39 is 0 Å². The molecule has 0 radical (unpaired) electrons. The second-order valence-electron chi connectivity index (χ2n) is 8.58. The smallest absolute Gasteiger partial charge is 0.169 e. The Hall–Kier alpha value is -3.11. The molecule has 0 bridgehead atoms. The van der Waals surface area contributed by atoms with Gasteiger partial charge in [-0.3, -0.25) is 4.90 Å². The summed E-state index contributed by atoms with van der Waals surface area (Å²) < 4.78 is 5.65. The first kappa shape index (κ1) is 19.8. The van der Waals surface area contributed by atoms with Crippen molar-refractivity contribution in [2.24, 2.45) is 5.92 Å². The standard InChI is InChI=1S/C27H29N3O/c1-3-7-22(8-4-1)20-30-17-15-21(16-18-30)11-14-26-25-13-12-24(19-27(25)31-29-26)28-23-9-5-2-6-10-23/h1-10,12-13,19,21,28H,11,14-18,20H2. The maximum absolute atomic E-state index is 5.65. The van der Waals surface area contributed by atoms with Gasteiger partial charge in [-0.2, -0.15) is 0 Å². The van der Waals surface area contributed by atoms with Crippen LogP contribution >= 0.6 is 0 Å². The van der Waals surface area contributed by atoms with Gasteiger partial charge < -0.3 is 9.84 Å². The lowest BCUT2D eigenvalue weighted by molar-refractivity contribution is 0.172. The summed E-state index contributed by atoms with van der Waals surface area (Å²) in [6.07, 6.45) is 4.72. The molecule has 5 rings (SSSR count).